The van der Waals surface area contributed by atoms with Crippen LogP contribution in [0.5, 0.6) is 0 Å². The van der Waals surface area contributed by atoms with E-state index in [0.29, 0.717) is 35.5 Å². The summed E-state index contributed by atoms with van der Waals surface area (Å²) in [5.41, 5.74) is 0.162. The van der Waals surface area contributed by atoms with Crippen molar-refractivity contribution in [2.75, 3.05) is 5.32 Å². The molecule has 0 unspecified atom stereocenters. The van der Waals surface area contributed by atoms with Crippen LogP contribution in [0.15, 0.2) is 17.3 Å². The lowest BCUT2D eigenvalue weighted by Gasteiger charge is -2.09. The minimum atomic E-state index is -0.194. The molecular weight excluding hydrogens is 280 g/mol. The van der Waals surface area contributed by atoms with E-state index in [0.717, 1.165) is 12.8 Å². The van der Waals surface area contributed by atoms with Gasteiger partial charge in [0.2, 0.25) is 0 Å². The largest absolute Gasteiger partial charge is 0.372 e. The van der Waals surface area contributed by atoms with E-state index >= 15 is 0 Å². The maximum absolute atomic E-state index is 12.3. The quantitative estimate of drug-likeness (QED) is 0.892. The Hall–Kier alpha value is -1.89. The Bertz CT molecular complexity index is 675. The summed E-state index contributed by atoms with van der Waals surface area (Å²) in [6, 6.07) is 0. The highest BCUT2D eigenvalue weighted by atomic mass is 35.5. The van der Waals surface area contributed by atoms with Gasteiger partial charge in [0, 0.05) is 13.6 Å². The van der Waals surface area contributed by atoms with Crippen molar-refractivity contribution in [3.8, 4) is 0 Å². The minimum absolute atomic E-state index is 0.194. The van der Waals surface area contributed by atoms with E-state index in [1.165, 1.54) is 10.9 Å². The standard InChI is InChI=1S/C12H15ClN6O/c1-18-7-15-10(17-18)5-14-11-9(13)4-16-19(12(11)20)6-8-2-3-8/h4,7-8,14H,2-3,5-6H2,1H3. The molecule has 8 heteroatoms. The highest BCUT2D eigenvalue weighted by molar-refractivity contribution is 6.32. The first-order valence-electron chi connectivity index (χ1n) is 6.47. The van der Waals surface area contributed by atoms with E-state index in [1.807, 2.05) is 0 Å². The normalized spacial score (nSPS) is 14.5. The summed E-state index contributed by atoms with van der Waals surface area (Å²) in [7, 11) is 1.79. The van der Waals surface area contributed by atoms with E-state index in [1.54, 1.807) is 18.1 Å². The van der Waals surface area contributed by atoms with Crippen molar-refractivity contribution in [1.29, 1.82) is 0 Å². The van der Waals surface area contributed by atoms with Crippen LogP contribution in [0.1, 0.15) is 18.7 Å². The zero-order chi connectivity index (χ0) is 14.1. The number of aryl methyl sites for hydroxylation is 1. The van der Waals surface area contributed by atoms with Crippen molar-refractivity contribution in [2.45, 2.75) is 25.9 Å². The van der Waals surface area contributed by atoms with Crippen LogP contribution in [0.4, 0.5) is 5.69 Å². The summed E-state index contributed by atoms with van der Waals surface area (Å²) in [4.78, 5) is 16.4. The molecule has 2 aromatic rings. The third-order valence-electron chi connectivity index (χ3n) is 3.20. The number of aromatic nitrogens is 5. The van der Waals surface area contributed by atoms with Gasteiger partial charge < -0.3 is 5.32 Å². The van der Waals surface area contributed by atoms with E-state index < -0.39 is 0 Å². The first kappa shape index (κ1) is 13.1. The average molecular weight is 295 g/mol. The molecule has 2 aromatic heterocycles. The molecule has 0 radical (unpaired) electrons. The smallest absolute Gasteiger partial charge is 0.291 e. The lowest BCUT2D eigenvalue weighted by molar-refractivity contribution is 0.534. The second-order valence-corrected chi connectivity index (χ2v) is 5.39. The van der Waals surface area contributed by atoms with Crippen molar-refractivity contribution in [3.63, 3.8) is 0 Å². The number of rotatable bonds is 5. The maximum atomic E-state index is 12.3. The molecule has 0 aromatic carbocycles. The number of hydrogen-bond acceptors (Lipinski definition) is 5. The molecule has 3 rings (SSSR count). The molecule has 1 saturated carbocycles. The predicted molar refractivity (Wildman–Crippen MR) is 74.6 cm³/mol. The van der Waals surface area contributed by atoms with Gasteiger partial charge in [-0.3, -0.25) is 9.48 Å². The molecule has 1 N–H and O–H groups in total. The molecule has 7 nitrogen and oxygen atoms in total. The third-order valence-corrected chi connectivity index (χ3v) is 3.48. The average Bonchev–Trinajstić information content (AvgIpc) is 3.14. The second-order valence-electron chi connectivity index (χ2n) is 4.99. The molecule has 0 spiro atoms. The van der Waals surface area contributed by atoms with Crippen LogP contribution in [0, 0.1) is 5.92 Å². The summed E-state index contributed by atoms with van der Waals surface area (Å²) in [6.45, 7) is 1.01. The Balaban J connectivity index is 1.78. The molecule has 1 aliphatic carbocycles. The summed E-state index contributed by atoms with van der Waals surface area (Å²) in [6.07, 6.45) is 5.44. The molecule has 2 heterocycles. The van der Waals surface area contributed by atoms with Gasteiger partial charge in [-0.05, 0) is 18.8 Å². The van der Waals surface area contributed by atoms with Crippen LogP contribution < -0.4 is 10.9 Å². The molecule has 20 heavy (non-hydrogen) atoms. The van der Waals surface area contributed by atoms with Gasteiger partial charge in [0.1, 0.15) is 12.0 Å². The summed E-state index contributed by atoms with van der Waals surface area (Å²) in [5, 5.41) is 11.5. The van der Waals surface area contributed by atoms with Gasteiger partial charge in [-0.2, -0.15) is 10.2 Å². The Morgan fingerprint density at radius 2 is 2.30 bits per heavy atom. The zero-order valence-corrected chi connectivity index (χ0v) is 11.8. The van der Waals surface area contributed by atoms with E-state index in [9.17, 15) is 4.79 Å². The van der Waals surface area contributed by atoms with Crippen molar-refractivity contribution < 1.29 is 0 Å². The van der Waals surface area contributed by atoms with E-state index in [-0.39, 0.29) is 5.56 Å². The molecule has 106 valence electrons. The molecule has 0 aliphatic heterocycles. The van der Waals surface area contributed by atoms with Crippen LogP contribution >= 0.6 is 11.6 Å². The van der Waals surface area contributed by atoms with Crippen LogP contribution in [0.3, 0.4) is 0 Å². The van der Waals surface area contributed by atoms with Crippen molar-refractivity contribution in [2.24, 2.45) is 13.0 Å². The fourth-order valence-electron chi connectivity index (χ4n) is 1.94. The zero-order valence-electron chi connectivity index (χ0n) is 11.1. The number of anilines is 1. The Morgan fingerprint density at radius 3 is 2.95 bits per heavy atom. The molecule has 0 amide bonds. The fraction of sp³-hybridized carbons (Fsp3) is 0.500. The second kappa shape index (κ2) is 5.24. The SMILES string of the molecule is Cn1cnc(CNc2c(Cl)cnn(CC3CC3)c2=O)n1. The number of nitrogens with one attached hydrogen (secondary N) is 1. The molecule has 0 saturated heterocycles. The van der Waals surface area contributed by atoms with Gasteiger partial charge in [0.25, 0.3) is 5.56 Å². The van der Waals surface area contributed by atoms with Crippen molar-refractivity contribution in [3.05, 3.63) is 33.7 Å². The first-order valence-corrected chi connectivity index (χ1v) is 6.85. The van der Waals surface area contributed by atoms with E-state index in [2.05, 4.69) is 20.5 Å². The highest BCUT2D eigenvalue weighted by Crippen LogP contribution is 2.30. The van der Waals surface area contributed by atoms with Crippen LogP contribution in [0.25, 0.3) is 0 Å². The topological polar surface area (TPSA) is 77.6 Å². The Kier molecular flexibility index (Phi) is 3.43. The number of halogens is 1. The van der Waals surface area contributed by atoms with Crippen LogP contribution in [-0.2, 0) is 20.1 Å². The van der Waals surface area contributed by atoms with Gasteiger partial charge in [-0.1, -0.05) is 11.6 Å². The lowest BCUT2D eigenvalue weighted by atomic mass is 10.4. The maximum Gasteiger partial charge on any atom is 0.291 e. The minimum Gasteiger partial charge on any atom is -0.372 e. The van der Waals surface area contributed by atoms with Crippen molar-refractivity contribution in [1.82, 2.24) is 24.5 Å². The summed E-state index contributed by atoms with van der Waals surface area (Å²) >= 11 is 6.04. The van der Waals surface area contributed by atoms with Gasteiger partial charge in [-0.25, -0.2) is 9.67 Å². The van der Waals surface area contributed by atoms with E-state index in [4.69, 9.17) is 11.6 Å². The first-order chi connectivity index (χ1) is 9.63. The highest BCUT2D eigenvalue weighted by Gasteiger charge is 2.23. The molecule has 1 aliphatic rings. The number of hydrogen-bond donors (Lipinski definition) is 1. The van der Waals surface area contributed by atoms with Gasteiger partial charge in [-0.15, -0.1) is 0 Å². The lowest BCUT2D eigenvalue weighted by Crippen LogP contribution is -2.26. The summed E-state index contributed by atoms with van der Waals surface area (Å²) < 4.78 is 3.08. The molecule has 1 fully saturated rings. The summed E-state index contributed by atoms with van der Waals surface area (Å²) in [5.74, 6) is 1.18. The third kappa shape index (κ3) is 2.82. The van der Waals surface area contributed by atoms with Crippen LogP contribution in [0.2, 0.25) is 5.02 Å². The monoisotopic (exact) mass is 294 g/mol. The number of nitrogens with zero attached hydrogens (tertiary/aromatic N) is 5. The molecule has 0 atom stereocenters. The fourth-order valence-corrected chi connectivity index (χ4v) is 2.13. The van der Waals surface area contributed by atoms with Crippen LogP contribution in [-0.4, -0.2) is 24.5 Å². The molecular formula is C12H15ClN6O. The van der Waals surface area contributed by atoms with Gasteiger partial charge in [0.15, 0.2) is 5.82 Å². The Labute approximate surface area is 120 Å². The molecule has 0 bridgehead atoms. The predicted octanol–water partition coefficient (Wildman–Crippen LogP) is 1.05. The van der Waals surface area contributed by atoms with Gasteiger partial charge in [0.05, 0.1) is 17.8 Å². The Morgan fingerprint density at radius 1 is 1.50 bits per heavy atom. The van der Waals surface area contributed by atoms with Crippen molar-refractivity contribution >= 4 is 17.3 Å². The van der Waals surface area contributed by atoms with Gasteiger partial charge >= 0.3 is 0 Å².